The zero-order valence-corrected chi connectivity index (χ0v) is 19.6. The van der Waals surface area contributed by atoms with Crippen LogP contribution in [0, 0.1) is 11.8 Å². The molecule has 3 aliphatic heterocycles. The van der Waals surface area contributed by atoms with Crippen LogP contribution in [0.25, 0.3) is 0 Å². The van der Waals surface area contributed by atoms with Crippen LogP contribution in [0.15, 0.2) is 29.4 Å². The van der Waals surface area contributed by atoms with Crippen molar-refractivity contribution in [3.63, 3.8) is 0 Å². The molecular formula is C21H29F3N4O5S. The number of nitrogens with zero attached hydrogens (tertiary/aromatic N) is 3. The molecule has 0 aliphatic carbocycles. The molecule has 3 fully saturated rings. The van der Waals surface area contributed by atoms with Crippen molar-refractivity contribution in [3.8, 4) is 0 Å². The molecule has 0 saturated carbocycles. The highest BCUT2D eigenvalue weighted by molar-refractivity contribution is 7.89. The van der Waals surface area contributed by atoms with Crippen molar-refractivity contribution in [2.24, 2.45) is 11.8 Å². The number of amides is 1. The maximum absolute atomic E-state index is 12.8. The largest absolute Gasteiger partial charge is 0.490 e. The second kappa shape index (κ2) is 10.2. The van der Waals surface area contributed by atoms with Crippen LogP contribution in [0.4, 0.5) is 13.2 Å². The van der Waals surface area contributed by atoms with Crippen LogP contribution in [-0.2, 0) is 19.6 Å². The van der Waals surface area contributed by atoms with Crippen molar-refractivity contribution < 1.29 is 36.3 Å². The predicted molar refractivity (Wildman–Crippen MR) is 115 cm³/mol. The molecule has 190 valence electrons. The molecule has 1 spiro atoms. The Kier molecular flexibility index (Phi) is 7.88. The number of pyridine rings is 1. The molecule has 1 aromatic heterocycles. The number of unbranched alkanes of at least 4 members (excludes halogenated alkanes) is 1. The molecule has 3 aliphatic rings. The number of piperidine rings is 1. The molecule has 0 bridgehead atoms. The summed E-state index contributed by atoms with van der Waals surface area (Å²) in [5, 5.41) is 10.5. The monoisotopic (exact) mass is 506 g/mol. The number of sulfonamides is 1. The topological polar surface area (TPSA) is 120 Å². The minimum Gasteiger partial charge on any atom is -0.475 e. The zero-order valence-electron chi connectivity index (χ0n) is 18.8. The molecule has 0 unspecified atom stereocenters. The van der Waals surface area contributed by atoms with Gasteiger partial charge in [-0.3, -0.25) is 4.79 Å². The van der Waals surface area contributed by atoms with E-state index in [0.29, 0.717) is 31.8 Å². The smallest absolute Gasteiger partial charge is 0.475 e. The quantitative estimate of drug-likeness (QED) is 0.624. The number of aliphatic carboxylic acids is 1. The summed E-state index contributed by atoms with van der Waals surface area (Å²) >= 11 is 0. The summed E-state index contributed by atoms with van der Waals surface area (Å²) in [6, 6.07) is 4.94. The van der Waals surface area contributed by atoms with Crippen LogP contribution >= 0.6 is 0 Å². The van der Waals surface area contributed by atoms with Gasteiger partial charge in [-0.05, 0) is 37.9 Å². The standard InChI is InChI=1S/C19H28N4O3S.C2HF3O2/c1-2-3-10-22-13-15-16(14-22)19(21-18(15)24)7-11-23(12-8-19)27(25,26)17-6-4-5-9-20-17;3-2(4,5)1(6)7/h4-6,9,15-16H,2-3,7-8,10-14H2,1H3,(H,21,24);(H,6,7)/t15-,16+;/m1./s1. The summed E-state index contributed by atoms with van der Waals surface area (Å²) in [6.45, 7) is 5.87. The van der Waals surface area contributed by atoms with Gasteiger partial charge in [-0.1, -0.05) is 19.4 Å². The van der Waals surface area contributed by atoms with E-state index in [1.54, 1.807) is 12.1 Å². The highest BCUT2D eigenvalue weighted by Crippen LogP contribution is 2.44. The Labute approximate surface area is 196 Å². The summed E-state index contributed by atoms with van der Waals surface area (Å²) in [6.07, 6.45) is 0.0817. The number of rotatable bonds is 5. The molecule has 2 atom stereocenters. The van der Waals surface area contributed by atoms with Crippen LogP contribution in [0.2, 0.25) is 0 Å². The average molecular weight is 507 g/mol. The fourth-order valence-corrected chi connectivity index (χ4v) is 6.33. The van der Waals surface area contributed by atoms with Gasteiger partial charge in [0.25, 0.3) is 10.0 Å². The van der Waals surface area contributed by atoms with Gasteiger partial charge in [0.15, 0.2) is 5.03 Å². The molecule has 3 saturated heterocycles. The van der Waals surface area contributed by atoms with E-state index in [2.05, 4.69) is 22.1 Å². The van der Waals surface area contributed by atoms with Gasteiger partial charge in [0.2, 0.25) is 5.91 Å². The minimum atomic E-state index is -5.08. The predicted octanol–water partition coefficient (Wildman–Crippen LogP) is 1.72. The number of alkyl halides is 3. The molecule has 2 N–H and O–H groups in total. The number of halogens is 3. The van der Waals surface area contributed by atoms with Crippen LogP contribution in [0.5, 0.6) is 0 Å². The van der Waals surface area contributed by atoms with E-state index in [-0.39, 0.29) is 22.4 Å². The SMILES string of the molecule is CCCCN1C[C@H]2C(=O)NC3(CCN(S(=O)(=O)c4ccccn4)CC3)[C@H]2C1.O=C(O)C(F)(F)F. The first-order valence-corrected chi connectivity index (χ1v) is 12.6. The molecule has 4 rings (SSSR count). The fourth-order valence-electron chi connectivity index (χ4n) is 4.96. The van der Waals surface area contributed by atoms with Crippen molar-refractivity contribution in [1.82, 2.24) is 19.5 Å². The Morgan fingerprint density at radius 2 is 1.91 bits per heavy atom. The van der Waals surface area contributed by atoms with Crippen LogP contribution < -0.4 is 5.32 Å². The molecule has 1 aromatic rings. The Bertz CT molecular complexity index is 982. The molecule has 0 aromatic carbocycles. The van der Waals surface area contributed by atoms with Crippen molar-refractivity contribution >= 4 is 21.9 Å². The van der Waals surface area contributed by atoms with Gasteiger partial charge < -0.3 is 15.3 Å². The lowest BCUT2D eigenvalue weighted by atomic mass is 9.76. The van der Waals surface area contributed by atoms with Gasteiger partial charge in [-0.15, -0.1) is 0 Å². The lowest BCUT2D eigenvalue weighted by molar-refractivity contribution is -0.192. The first-order chi connectivity index (χ1) is 15.9. The Hall–Kier alpha value is -2.25. The molecule has 13 heteroatoms. The lowest BCUT2D eigenvalue weighted by Gasteiger charge is -2.42. The zero-order chi connectivity index (χ0) is 25.1. The molecule has 34 heavy (non-hydrogen) atoms. The summed E-state index contributed by atoms with van der Waals surface area (Å²) in [7, 11) is -3.57. The Morgan fingerprint density at radius 3 is 2.44 bits per heavy atom. The van der Waals surface area contributed by atoms with Crippen molar-refractivity contribution in [2.45, 2.75) is 49.3 Å². The number of aromatic nitrogens is 1. The van der Waals surface area contributed by atoms with Gasteiger partial charge in [-0.25, -0.2) is 18.2 Å². The first kappa shape index (κ1) is 26.4. The minimum absolute atomic E-state index is 0.0563. The van der Waals surface area contributed by atoms with Crippen molar-refractivity contribution in [2.75, 3.05) is 32.7 Å². The van der Waals surface area contributed by atoms with Gasteiger partial charge in [-0.2, -0.15) is 17.5 Å². The van der Waals surface area contributed by atoms with E-state index in [1.807, 2.05) is 0 Å². The highest BCUT2D eigenvalue weighted by Gasteiger charge is 2.57. The molecule has 0 radical (unpaired) electrons. The van der Waals surface area contributed by atoms with Crippen LogP contribution in [0.3, 0.4) is 0 Å². The summed E-state index contributed by atoms with van der Waals surface area (Å²) < 4.78 is 58.9. The number of nitrogens with one attached hydrogen (secondary N) is 1. The molecular weight excluding hydrogens is 477 g/mol. The molecule has 1 amide bonds. The normalized spacial score (nSPS) is 24.9. The van der Waals surface area contributed by atoms with E-state index in [1.165, 1.54) is 16.6 Å². The second-order valence-electron chi connectivity index (χ2n) is 8.85. The first-order valence-electron chi connectivity index (χ1n) is 11.2. The number of hydrogen-bond donors (Lipinski definition) is 2. The van der Waals surface area contributed by atoms with Gasteiger partial charge in [0.05, 0.1) is 5.92 Å². The van der Waals surface area contributed by atoms with E-state index in [9.17, 15) is 26.4 Å². The summed E-state index contributed by atoms with van der Waals surface area (Å²) in [5.41, 5.74) is -0.251. The van der Waals surface area contributed by atoms with E-state index in [4.69, 9.17) is 9.90 Å². The maximum atomic E-state index is 12.8. The van der Waals surface area contributed by atoms with Crippen molar-refractivity contribution in [1.29, 1.82) is 0 Å². The van der Waals surface area contributed by atoms with Gasteiger partial charge >= 0.3 is 12.1 Å². The number of carbonyl (C=O) groups excluding carboxylic acids is 1. The van der Waals surface area contributed by atoms with Gasteiger partial charge in [0.1, 0.15) is 0 Å². The number of likely N-dealkylation sites (tertiary alicyclic amines) is 1. The molecule has 4 heterocycles. The van der Waals surface area contributed by atoms with Gasteiger partial charge in [0, 0.05) is 43.8 Å². The van der Waals surface area contributed by atoms with E-state index >= 15 is 0 Å². The number of carboxylic acids is 1. The number of carbonyl (C=O) groups is 2. The van der Waals surface area contributed by atoms with Crippen LogP contribution in [-0.4, -0.2) is 84.0 Å². The third kappa shape index (κ3) is 5.52. The van der Waals surface area contributed by atoms with Crippen molar-refractivity contribution in [3.05, 3.63) is 24.4 Å². The van der Waals surface area contributed by atoms with E-state index < -0.39 is 22.2 Å². The number of hydrogen-bond acceptors (Lipinski definition) is 6. The summed E-state index contributed by atoms with van der Waals surface area (Å²) in [4.78, 5) is 27.9. The van der Waals surface area contributed by atoms with E-state index in [0.717, 1.165) is 32.5 Å². The average Bonchev–Trinajstić information content (AvgIpc) is 3.32. The molecule has 9 nitrogen and oxygen atoms in total. The number of fused-ring (bicyclic) bond motifs is 2. The third-order valence-corrected chi connectivity index (χ3v) is 8.56. The third-order valence-electron chi connectivity index (χ3n) is 6.74. The Morgan fingerprint density at radius 1 is 1.26 bits per heavy atom. The second-order valence-corrected chi connectivity index (χ2v) is 10.7. The number of carboxylic acid groups (broad SMARTS) is 1. The maximum Gasteiger partial charge on any atom is 0.490 e. The lowest BCUT2D eigenvalue weighted by Crippen LogP contribution is -2.56. The fraction of sp³-hybridized carbons (Fsp3) is 0.667. The highest BCUT2D eigenvalue weighted by atomic mass is 32.2. The Balaban J connectivity index is 0.000000406. The van der Waals surface area contributed by atoms with Crippen LogP contribution in [0.1, 0.15) is 32.6 Å². The summed E-state index contributed by atoms with van der Waals surface area (Å²) in [5.74, 6) is -2.25.